The highest BCUT2D eigenvalue weighted by Crippen LogP contribution is 2.18. The van der Waals surface area contributed by atoms with E-state index in [1.807, 2.05) is 15.4 Å². The topological polar surface area (TPSA) is 89.7 Å². The van der Waals surface area contributed by atoms with Crippen LogP contribution >= 0.6 is 24.8 Å². The first-order valence-corrected chi connectivity index (χ1v) is 8.28. The molecule has 1 aliphatic rings. The average molecular weight is 410 g/mol. The zero-order chi connectivity index (χ0) is 17.1. The molecular weight excluding hydrogens is 389 g/mol. The molecule has 0 radical (unpaired) electrons. The molecule has 4 rings (SSSR count). The molecule has 0 aliphatic carbocycles. The first kappa shape index (κ1) is 20.9. The summed E-state index contributed by atoms with van der Waals surface area (Å²) in [5.74, 6) is 0.715. The number of halogens is 2. The van der Waals surface area contributed by atoms with Crippen LogP contribution in [0.2, 0.25) is 0 Å². The number of pyridine rings is 1. The molecule has 1 aliphatic heterocycles. The average Bonchev–Trinajstić information content (AvgIpc) is 3.28. The maximum Gasteiger partial charge on any atom is 0.251 e. The predicted molar refractivity (Wildman–Crippen MR) is 106 cm³/mol. The summed E-state index contributed by atoms with van der Waals surface area (Å²) in [6, 6.07) is 5.46. The van der Waals surface area contributed by atoms with Gasteiger partial charge < -0.3 is 15.2 Å². The first-order valence-electron chi connectivity index (χ1n) is 8.28. The molecule has 4 heterocycles. The highest BCUT2D eigenvalue weighted by atomic mass is 35.5. The smallest absolute Gasteiger partial charge is 0.251 e. The molecule has 3 aromatic heterocycles. The van der Waals surface area contributed by atoms with Gasteiger partial charge in [-0.1, -0.05) is 0 Å². The van der Waals surface area contributed by atoms with Gasteiger partial charge in [0.25, 0.3) is 5.91 Å². The number of fused-ring (bicyclic) bond motifs is 1. The fourth-order valence-electron chi connectivity index (χ4n) is 2.92. The van der Waals surface area contributed by atoms with Crippen LogP contribution in [0.15, 0.2) is 43.0 Å². The highest BCUT2D eigenvalue weighted by Gasteiger charge is 2.16. The summed E-state index contributed by atoms with van der Waals surface area (Å²) in [7, 11) is 0. The van der Waals surface area contributed by atoms with Gasteiger partial charge in [0.15, 0.2) is 5.82 Å². The molecule has 8 nitrogen and oxygen atoms in total. The van der Waals surface area contributed by atoms with Crippen LogP contribution in [0.3, 0.4) is 0 Å². The minimum Gasteiger partial charge on any atom is -0.350 e. The number of hydrogen-bond acceptors (Lipinski definition) is 5. The van der Waals surface area contributed by atoms with Crippen molar-refractivity contribution in [1.29, 1.82) is 0 Å². The molecule has 0 fully saturated rings. The van der Waals surface area contributed by atoms with E-state index in [-0.39, 0.29) is 30.7 Å². The monoisotopic (exact) mass is 409 g/mol. The lowest BCUT2D eigenvalue weighted by molar-refractivity contribution is 0.0952. The van der Waals surface area contributed by atoms with Crippen molar-refractivity contribution in [3.8, 4) is 11.5 Å². The van der Waals surface area contributed by atoms with E-state index in [4.69, 9.17) is 0 Å². The van der Waals surface area contributed by atoms with Gasteiger partial charge in [-0.2, -0.15) is 5.10 Å². The molecule has 0 unspecified atom stereocenters. The number of nitrogens with zero attached hydrogens (tertiary/aromatic N) is 5. The molecule has 144 valence electrons. The minimum absolute atomic E-state index is 0. The molecule has 0 saturated carbocycles. The summed E-state index contributed by atoms with van der Waals surface area (Å²) in [5.41, 5.74) is 2.64. The van der Waals surface area contributed by atoms with E-state index in [0.29, 0.717) is 18.7 Å². The van der Waals surface area contributed by atoms with Crippen LogP contribution in [0.4, 0.5) is 0 Å². The Morgan fingerprint density at radius 2 is 2.04 bits per heavy atom. The van der Waals surface area contributed by atoms with Crippen LogP contribution in [0.5, 0.6) is 0 Å². The Kier molecular flexibility index (Phi) is 7.35. The molecule has 0 bridgehead atoms. The number of amides is 1. The third-order valence-corrected chi connectivity index (χ3v) is 4.20. The van der Waals surface area contributed by atoms with Gasteiger partial charge in [0, 0.05) is 56.5 Å². The van der Waals surface area contributed by atoms with Gasteiger partial charge in [0.05, 0.1) is 12.2 Å². The van der Waals surface area contributed by atoms with Gasteiger partial charge >= 0.3 is 0 Å². The molecule has 0 spiro atoms. The summed E-state index contributed by atoms with van der Waals surface area (Å²) in [6.07, 6.45) is 6.89. The third-order valence-electron chi connectivity index (χ3n) is 4.20. The molecule has 1 amide bonds. The Hall–Kier alpha value is -2.42. The molecule has 0 saturated heterocycles. The second kappa shape index (κ2) is 9.50. The predicted octanol–water partition coefficient (Wildman–Crippen LogP) is 1.52. The number of carbonyl (C=O) groups is 1. The third kappa shape index (κ3) is 4.65. The van der Waals surface area contributed by atoms with E-state index in [0.717, 1.165) is 31.2 Å². The van der Waals surface area contributed by atoms with Crippen LogP contribution in [0.25, 0.3) is 11.5 Å². The molecule has 10 heteroatoms. The van der Waals surface area contributed by atoms with Crippen LogP contribution in [0.1, 0.15) is 16.1 Å². The Labute approximate surface area is 169 Å². The quantitative estimate of drug-likeness (QED) is 0.666. The fourth-order valence-corrected chi connectivity index (χ4v) is 2.92. The summed E-state index contributed by atoms with van der Waals surface area (Å²) in [5, 5.41) is 10.9. The summed E-state index contributed by atoms with van der Waals surface area (Å²) in [4.78, 5) is 20.4. The zero-order valence-corrected chi connectivity index (χ0v) is 16.2. The maximum atomic E-state index is 12.1. The van der Waals surface area contributed by atoms with E-state index >= 15 is 0 Å². The zero-order valence-electron chi connectivity index (χ0n) is 14.5. The molecular formula is C17H21Cl2N7O. The van der Waals surface area contributed by atoms with Crippen molar-refractivity contribution in [2.75, 3.05) is 13.1 Å². The molecule has 0 atom stereocenters. The number of carbonyl (C=O) groups excluding carboxylic acids is 1. The second-order valence-corrected chi connectivity index (χ2v) is 5.86. The van der Waals surface area contributed by atoms with E-state index in [2.05, 4.69) is 31.8 Å². The Morgan fingerprint density at radius 3 is 2.81 bits per heavy atom. The van der Waals surface area contributed by atoms with Gasteiger partial charge in [-0.25, -0.2) is 4.98 Å². The van der Waals surface area contributed by atoms with Gasteiger partial charge in [0.1, 0.15) is 5.69 Å². The molecule has 2 N–H and O–H groups in total. The highest BCUT2D eigenvalue weighted by molar-refractivity contribution is 5.93. The lowest BCUT2D eigenvalue weighted by Gasteiger charge is -2.13. The van der Waals surface area contributed by atoms with Crippen molar-refractivity contribution in [3.63, 3.8) is 0 Å². The summed E-state index contributed by atoms with van der Waals surface area (Å²) in [6.45, 7) is 3.78. The summed E-state index contributed by atoms with van der Waals surface area (Å²) < 4.78 is 4.03. The van der Waals surface area contributed by atoms with Crippen molar-refractivity contribution in [3.05, 3.63) is 54.2 Å². The van der Waals surface area contributed by atoms with Crippen molar-refractivity contribution >= 4 is 30.7 Å². The van der Waals surface area contributed by atoms with Gasteiger partial charge in [-0.15, -0.1) is 24.8 Å². The number of nitrogens with one attached hydrogen (secondary N) is 2. The normalized spacial score (nSPS) is 12.4. The van der Waals surface area contributed by atoms with Gasteiger partial charge in [0.2, 0.25) is 0 Å². The molecule has 27 heavy (non-hydrogen) atoms. The largest absolute Gasteiger partial charge is 0.350 e. The van der Waals surface area contributed by atoms with Crippen molar-refractivity contribution in [2.24, 2.45) is 0 Å². The number of aromatic nitrogens is 5. The van der Waals surface area contributed by atoms with Crippen molar-refractivity contribution in [1.82, 2.24) is 34.9 Å². The second-order valence-electron chi connectivity index (χ2n) is 5.86. The number of imidazole rings is 1. The number of rotatable bonds is 5. The maximum absolute atomic E-state index is 12.1. The van der Waals surface area contributed by atoms with Gasteiger partial charge in [-0.3, -0.25) is 14.5 Å². The SMILES string of the molecule is Cl.Cl.O=C(NCCn1ccnc1-c1cc2n(n1)CCNC2)c1ccncc1. The van der Waals surface area contributed by atoms with Crippen LogP contribution in [0, 0.1) is 0 Å². The van der Waals surface area contributed by atoms with Gasteiger partial charge in [-0.05, 0) is 18.2 Å². The lowest BCUT2D eigenvalue weighted by atomic mass is 10.2. The fraction of sp³-hybridized carbons (Fsp3) is 0.294. The van der Waals surface area contributed by atoms with Crippen LogP contribution in [-0.2, 0) is 19.6 Å². The Morgan fingerprint density at radius 1 is 1.22 bits per heavy atom. The first-order chi connectivity index (χ1) is 12.3. The lowest BCUT2D eigenvalue weighted by Crippen LogP contribution is -2.28. The van der Waals surface area contributed by atoms with Crippen LogP contribution in [-0.4, -0.2) is 43.3 Å². The summed E-state index contributed by atoms with van der Waals surface area (Å²) >= 11 is 0. The minimum atomic E-state index is -0.104. The van der Waals surface area contributed by atoms with E-state index in [1.54, 1.807) is 30.7 Å². The molecule has 0 aromatic carbocycles. The van der Waals surface area contributed by atoms with Crippen LogP contribution < -0.4 is 10.6 Å². The van der Waals surface area contributed by atoms with Crippen molar-refractivity contribution in [2.45, 2.75) is 19.6 Å². The standard InChI is InChI=1S/C17H19N7O.2ClH/c25-17(13-1-3-18-4-2-13)21-7-9-23-8-6-20-16(23)15-11-14-12-19-5-10-24(14)22-15;;/h1-4,6,8,11,19H,5,7,9-10,12H2,(H,21,25);2*1H. The Balaban J connectivity index is 0.00000131. The Bertz CT molecular complexity index is 855. The molecule has 3 aromatic rings. The van der Waals surface area contributed by atoms with E-state index < -0.39 is 0 Å². The van der Waals surface area contributed by atoms with E-state index in [9.17, 15) is 4.79 Å². The van der Waals surface area contributed by atoms with Crippen molar-refractivity contribution < 1.29 is 4.79 Å². The number of hydrogen-bond donors (Lipinski definition) is 2. The van der Waals surface area contributed by atoms with E-state index in [1.165, 1.54) is 5.69 Å².